The number of rotatable bonds is 4. The summed E-state index contributed by atoms with van der Waals surface area (Å²) >= 11 is 0. The Kier molecular flexibility index (Phi) is 4.26. The van der Waals surface area contributed by atoms with Crippen LogP contribution in [0.15, 0.2) is 6.20 Å². The van der Waals surface area contributed by atoms with E-state index in [1.54, 1.807) is 11.1 Å². The van der Waals surface area contributed by atoms with Crippen LogP contribution in [-0.4, -0.2) is 35.0 Å². The number of amides is 1. The summed E-state index contributed by atoms with van der Waals surface area (Å²) in [6.07, 6.45) is 4.57. The van der Waals surface area contributed by atoms with Crippen molar-refractivity contribution in [3.05, 3.63) is 12.0 Å². The molecule has 2 heterocycles. The van der Waals surface area contributed by atoms with Gasteiger partial charge in [0, 0.05) is 13.1 Å². The van der Waals surface area contributed by atoms with Crippen molar-refractivity contribution in [3.8, 4) is 0 Å². The summed E-state index contributed by atoms with van der Waals surface area (Å²) in [7, 11) is 1.81. The van der Waals surface area contributed by atoms with Crippen LogP contribution in [0.1, 0.15) is 45.9 Å². The molecule has 1 unspecified atom stereocenters. The van der Waals surface area contributed by atoms with Gasteiger partial charge in [0.2, 0.25) is 5.91 Å². The van der Waals surface area contributed by atoms with Gasteiger partial charge in [-0.3, -0.25) is 4.79 Å². The number of aryl methyl sites for hydroxylation is 1. The van der Waals surface area contributed by atoms with Gasteiger partial charge >= 0.3 is 0 Å². The molecule has 0 N–H and O–H groups in total. The quantitative estimate of drug-likeness (QED) is 0.848. The second-order valence-electron chi connectivity index (χ2n) is 5.32. The van der Waals surface area contributed by atoms with Crippen LogP contribution >= 0.6 is 0 Å². The summed E-state index contributed by atoms with van der Waals surface area (Å²) in [6.45, 7) is 8.28. The third-order valence-electron chi connectivity index (χ3n) is 4.15. The third kappa shape index (κ3) is 2.25. The highest BCUT2D eigenvalue weighted by molar-refractivity contribution is 6.04. The first-order valence-corrected chi connectivity index (χ1v) is 7.44. The first-order chi connectivity index (χ1) is 9.54. The van der Waals surface area contributed by atoms with Crippen molar-refractivity contribution in [1.29, 1.82) is 0 Å². The number of carbonyl (C=O) groups is 1. The lowest BCUT2D eigenvalue weighted by Crippen LogP contribution is -2.56. The van der Waals surface area contributed by atoms with Gasteiger partial charge in [0.05, 0.1) is 6.20 Å². The molecule has 0 saturated carbocycles. The van der Waals surface area contributed by atoms with Gasteiger partial charge in [-0.15, -0.1) is 0 Å². The molecule has 20 heavy (non-hydrogen) atoms. The van der Waals surface area contributed by atoms with E-state index >= 15 is 0 Å². The van der Waals surface area contributed by atoms with Crippen LogP contribution in [0.25, 0.3) is 0 Å². The van der Waals surface area contributed by atoms with E-state index in [0.29, 0.717) is 6.04 Å². The molecule has 110 valence electrons. The first-order valence-electron chi connectivity index (χ1n) is 7.44. The zero-order valence-corrected chi connectivity index (χ0v) is 13.1. The second-order valence-corrected chi connectivity index (χ2v) is 5.32. The Balaban J connectivity index is 2.59. The van der Waals surface area contributed by atoms with Crippen molar-refractivity contribution in [2.45, 2.75) is 59.0 Å². The Morgan fingerprint density at radius 2 is 1.95 bits per heavy atom. The molecule has 0 fully saturated rings. The molecule has 2 rings (SSSR count). The predicted octanol–water partition coefficient (Wildman–Crippen LogP) is 2.54. The monoisotopic (exact) mass is 276 g/mol. The highest BCUT2D eigenvalue weighted by Crippen LogP contribution is 2.36. The van der Waals surface area contributed by atoms with E-state index in [1.807, 2.05) is 14.0 Å². The number of hydrogen-bond donors (Lipinski definition) is 0. The number of carbonyl (C=O) groups excluding carboxylic acids is 1. The van der Waals surface area contributed by atoms with E-state index in [0.717, 1.165) is 36.6 Å². The molecule has 0 saturated heterocycles. The van der Waals surface area contributed by atoms with Gasteiger partial charge in [-0.05, 0) is 26.2 Å². The maximum absolute atomic E-state index is 12.6. The summed E-state index contributed by atoms with van der Waals surface area (Å²) < 4.78 is 0. The molecule has 1 aliphatic heterocycles. The fraction of sp³-hybridized carbons (Fsp3) is 0.667. The average molecular weight is 276 g/mol. The minimum absolute atomic E-state index is 0.119. The number of fused-ring (bicyclic) bond motifs is 1. The molecule has 1 atom stereocenters. The van der Waals surface area contributed by atoms with Gasteiger partial charge < -0.3 is 9.80 Å². The average Bonchev–Trinajstić information content (AvgIpc) is 2.45. The largest absolute Gasteiger partial charge is 0.340 e. The minimum atomic E-state index is -0.119. The van der Waals surface area contributed by atoms with E-state index < -0.39 is 0 Å². The Bertz CT molecular complexity index is 499. The summed E-state index contributed by atoms with van der Waals surface area (Å²) in [5.41, 5.74) is 0.817. The molecular weight excluding hydrogens is 252 g/mol. The molecule has 0 bridgehead atoms. The maximum Gasteiger partial charge on any atom is 0.249 e. The van der Waals surface area contributed by atoms with E-state index in [1.165, 1.54) is 0 Å². The Morgan fingerprint density at radius 3 is 2.50 bits per heavy atom. The van der Waals surface area contributed by atoms with Crippen LogP contribution in [0.4, 0.5) is 11.5 Å². The zero-order chi connectivity index (χ0) is 14.9. The SMILES string of the molecule is CCC(CC)N1c2nc(C)ncc2N(C)C(=O)C1CC. The Labute approximate surface area is 121 Å². The molecule has 1 aliphatic rings. The first kappa shape index (κ1) is 14.8. The lowest BCUT2D eigenvalue weighted by Gasteiger charge is -2.44. The van der Waals surface area contributed by atoms with Gasteiger partial charge in [0.25, 0.3) is 0 Å². The van der Waals surface area contributed by atoms with Crippen LogP contribution in [0.5, 0.6) is 0 Å². The van der Waals surface area contributed by atoms with Crippen LogP contribution in [0.3, 0.4) is 0 Å². The predicted molar refractivity (Wildman–Crippen MR) is 81.1 cm³/mol. The van der Waals surface area contributed by atoms with Crippen molar-refractivity contribution in [3.63, 3.8) is 0 Å². The maximum atomic E-state index is 12.6. The van der Waals surface area contributed by atoms with Crippen molar-refractivity contribution < 1.29 is 4.79 Å². The molecule has 1 aromatic heterocycles. The molecule has 0 spiro atoms. The molecule has 0 aromatic carbocycles. The molecule has 5 nitrogen and oxygen atoms in total. The van der Waals surface area contributed by atoms with Crippen LogP contribution < -0.4 is 9.80 Å². The number of aromatic nitrogens is 2. The number of likely N-dealkylation sites (N-methyl/N-ethyl adjacent to an activating group) is 1. The van der Waals surface area contributed by atoms with E-state index in [2.05, 4.69) is 35.6 Å². The lowest BCUT2D eigenvalue weighted by molar-refractivity contribution is -0.120. The lowest BCUT2D eigenvalue weighted by atomic mass is 10.0. The van der Waals surface area contributed by atoms with Crippen molar-refractivity contribution in [2.75, 3.05) is 16.8 Å². The Morgan fingerprint density at radius 1 is 1.30 bits per heavy atom. The second kappa shape index (κ2) is 5.77. The fourth-order valence-corrected chi connectivity index (χ4v) is 2.97. The van der Waals surface area contributed by atoms with Gasteiger partial charge in [0.15, 0.2) is 5.82 Å². The summed E-state index contributed by atoms with van der Waals surface area (Å²) in [5, 5.41) is 0. The normalized spacial score (nSPS) is 18.7. The van der Waals surface area contributed by atoms with E-state index in [-0.39, 0.29) is 11.9 Å². The van der Waals surface area contributed by atoms with Crippen molar-refractivity contribution in [1.82, 2.24) is 9.97 Å². The molecular formula is C15H24N4O. The molecule has 0 aliphatic carbocycles. The smallest absolute Gasteiger partial charge is 0.249 e. The zero-order valence-electron chi connectivity index (χ0n) is 13.1. The van der Waals surface area contributed by atoms with Gasteiger partial charge in [-0.25, -0.2) is 9.97 Å². The van der Waals surface area contributed by atoms with E-state index in [4.69, 9.17) is 0 Å². The van der Waals surface area contributed by atoms with Crippen LogP contribution in [-0.2, 0) is 4.79 Å². The number of nitrogens with zero attached hydrogens (tertiary/aromatic N) is 4. The summed E-state index contributed by atoms with van der Waals surface area (Å²) in [4.78, 5) is 25.3. The van der Waals surface area contributed by atoms with Crippen LogP contribution in [0, 0.1) is 6.92 Å². The Hall–Kier alpha value is -1.65. The highest BCUT2D eigenvalue weighted by Gasteiger charge is 2.39. The van der Waals surface area contributed by atoms with E-state index in [9.17, 15) is 4.79 Å². The molecule has 1 amide bonds. The number of anilines is 2. The molecule has 5 heteroatoms. The summed E-state index contributed by atoms with van der Waals surface area (Å²) in [5.74, 6) is 1.79. The van der Waals surface area contributed by atoms with Crippen LogP contribution in [0.2, 0.25) is 0 Å². The van der Waals surface area contributed by atoms with Gasteiger partial charge in [-0.2, -0.15) is 0 Å². The highest BCUT2D eigenvalue weighted by atomic mass is 16.2. The minimum Gasteiger partial charge on any atom is -0.340 e. The fourth-order valence-electron chi connectivity index (χ4n) is 2.97. The van der Waals surface area contributed by atoms with Crippen molar-refractivity contribution in [2.24, 2.45) is 0 Å². The third-order valence-corrected chi connectivity index (χ3v) is 4.15. The number of hydrogen-bond acceptors (Lipinski definition) is 4. The van der Waals surface area contributed by atoms with Gasteiger partial charge in [-0.1, -0.05) is 20.8 Å². The van der Waals surface area contributed by atoms with Crippen molar-refractivity contribution >= 4 is 17.4 Å². The summed E-state index contributed by atoms with van der Waals surface area (Å²) in [6, 6.07) is 0.220. The topological polar surface area (TPSA) is 49.3 Å². The molecule has 1 aromatic rings. The van der Waals surface area contributed by atoms with Gasteiger partial charge in [0.1, 0.15) is 17.6 Å². The molecule has 0 radical (unpaired) electrons. The standard InChI is InChI=1S/C15H24N4O/c1-6-11(7-2)19-12(8-3)15(20)18(5)13-9-16-10(4)17-14(13)19/h9,11-12H,6-8H2,1-5H3.